The lowest BCUT2D eigenvalue weighted by molar-refractivity contribution is -0.137. The summed E-state index contributed by atoms with van der Waals surface area (Å²) in [6.45, 7) is -0.172. The van der Waals surface area contributed by atoms with Crippen LogP contribution in [0.1, 0.15) is 17.2 Å². The van der Waals surface area contributed by atoms with Crippen molar-refractivity contribution in [2.75, 3.05) is 31.3 Å². The number of halogens is 3. The van der Waals surface area contributed by atoms with Crippen molar-refractivity contribution in [1.82, 2.24) is 10.6 Å². The Bertz CT molecular complexity index is 861. The van der Waals surface area contributed by atoms with Crippen LogP contribution in [0.5, 0.6) is 0 Å². The number of benzene rings is 2. The molecule has 156 valence electrons. The first kappa shape index (κ1) is 22.4. The summed E-state index contributed by atoms with van der Waals surface area (Å²) in [5.41, 5.74) is 6.39. The van der Waals surface area contributed by atoms with Gasteiger partial charge in [-0.05, 0) is 42.0 Å². The highest BCUT2D eigenvalue weighted by Crippen LogP contribution is 2.30. The van der Waals surface area contributed by atoms with E-state index in [1.54, 1.807) is 24.3 Å². The van der Waals surface area contributed by atoms with Crippen LogP contribution in [-0.2, 0) is 15.7 Å². The van der Waals surface area contributed by atoms with Crippen LogP contribution in [0.4, 0.5) is 24.5 Å². The van der Waals surface area contributed by atoms with Gasteiger partial charge in [-0.2, -0.15) is 13.2 Å². The molecule has 0 aromatic heterocycles. The van der Waals surface area contributed by atoms with Crippen LogP contribution >= 0.6 is 12.2 Å². The van der Waals surface area contributed by atoms with E-state index in [1.165, 1.54) is 19.2 Å². The lowest BCUT2D eigenvalue weighted by Gasteiger charge is -2.23. The first-order chi connectivity index (χ1) is 13.7. The van der Waals surface area contributed by atoms with Crippen LogP contribution in [-0.4, -0.2) is 31.3 Å². The van der Waals surface area contributed by atoms with E-state index in [0.29, 0.717) is 16.9 Å². The van der Waals surface area contributed by atoms with Gasteiger partial charge < -0.3 is 26.4 Å². The molecule has 2 aromatic carbocycles. The summed E-state index contributed by atoms with van der Waals surface area (Å²) in [5, 5.41) is 8.58. The number of alkyl halides is 3. The highest BCUT2D eigenvalue weighted by atomic mass is 32.1. The van der Waals surface area contributed by atoms with E-state index in [4.69, 9.17) is 22.7 Å². The molecule has 0 aliphatic heterocycles. The minimum absolute atomic E-state index is 0.00437. The summed E-state index contributed by atoms with van der Waals surface area (Å²) in [5.74, 6) is -0.405. The van der Waals surface area contributed by atoms with Crippen molar-refractivity contribution in [1.29, 1.82) is 0 Å². The SMILES string of the molecule is COCC(=O)NC[C@H](NC(=S)Nc1ccccc1N)c1cccc(C(F)(F)F)c1. The van der Waals surface area contributed by atoms with Gasteiger partial charge in [-0.3, -0.25) is 4.79 Å². The topological polar surface area (TPSA) is 88.4 Å². The molecule has 5 N–H and O–H groups in total. The molecule has 0 heterocycles. The fourth-order valence-corrected chi connectivity index (χ4v) is 2.76. The van der Waals surface area contributed by atoms with Gasteiger partial charge in [0, 0.05) is 13.7 Å². The van der Waals surface area contributed by atoms with E-state index in [2.05, 4.69) is 16.0 Å². The third-order valence-corrected chi connectivity index (χ3v) is 4.13. The summed E-state index contributed by atoms with van der Waals surface area (Å²) in [6, 6.07) is 11.0. The van der Waals surface area contributed by atoms with E-state index in [-0.39, 0.29) is 18.3 Å². The number of nitrogens with two attached hydrogens (primary N) is 1. The number of rotatable bonds is 7. The Kier molecular flexibility index (Phi) is 7.80. The Hall–Kier alpha value is -2.85. The fraction of sp³-hybridized carbons (Fsp3) is 0.263. The van der Waals surface area contributed by atoms with Gasteiger partial charge >= 0.3 is 6.18 Å². The molecule has 0 unspecified atom stereocenters. The maximum atomic E-state index is 13.1. The molecule has 0 fully saturated rings. The Morgan fingerprint density at radius 1 is 1.21 bits per heavy atom. The maximum absolute atomic E-state index is 13.1. The monoisotopic (exact) mass is 426 g/mol. The molecule has 0 radical (unpaired) electrons. The predicted molar refractivity (Wildman–Crippen MR) is 109 cm³/mol. The number of hydrogen-bond acceptors (Lipinski definition) is 4. The molecule has 10 heteroatoms. The number of nitrogens with one attached hydrogen (secondary N) is 3. The second-order valence-corrected chi connectivity index (χ2v) is 6.51. The Morgan fingerprint density at radius 2 is 1.93 bits per heavy atom. The lowest BCUT2D eigenvalue weighted by Crippen LogP contribution is -2.40. The highest BCUT2D eigenvalue weighted by molar-refractivity contribution is 7.80. The largest absolute Gasteiger partial charge is 0.416 e. The zero-order valence-corrected chi connectivity index (χ0v) is 16.4. The number of carbonyl (C=O) groups excluding carboxylic acids is 1. The second kappa shape index (κ2) is 10.1. The molecule has 0 aliphatic carbocycles. The summed E-state index contributed by atoms with van der Waals surface area (Å²) < 4.78 is 44.0. The molecule has 0 spiro atoms. The number of nitrogen functional groups attached to an aromatic ring is 1. The van der Waals surface area contributed by atoms with Crippen LogP contribution in [0.2, 0.25) is 0 Å². The van der Waals surface area contributed by atoms with Crippen LogP contribution in [0, 0.1) is 0 Å². The van der Waals surface area contributed by atoms with Crippen molar-refractivity contribution in [3.05, 3.63) is 59.7 Å². The molecule has 0 bridgehead atoms. The molecule has 0 aliphatic rings. The van der Waals surface area contributed by atoms with E-state index < -0.39 is 23.7 Å². The van der Waals surface area contributed by atoms with Crippen LogP contribution < -0.4 is 21.7 Å². The standard InChI is InChI=1S/C19H21F3N4O2S/c1-28-11-17(27)24-10-16(12-5-4-6-13(9-12)19(20,21)22)26-18(29)25-15-8-3-2-7-14(15)23/h2-9,16H,10-11,23H2,1H3,(H,24,27)(H2,25,26,29)/t16-/m0/s1. The van der Waals surface area contributed by atoms with Gasteiger partial charge in [-0.1, -0.05) is 24.3 Å². The van der Waals surface area contributed by atoms with E-state index in [1.807, 2.05) is 0 Å². The third kappa shape index (κ3) is 6.91. The molecule has 6 nitrogen and oxygen atoms in total. The number of methoxy groups -OCH3 is 1. The fourth-order valence-electron chi connectivity index (χ4n) is 2.51. The average molecular weight is 426 g/mol. The molecular formula is C19H21F3N4O2S. The van der Waals surface area contributed by atoms with Crippen molar-refractivity contribution in [3.63, 3.8) is 0 Å². The van der Waals surface area contributed by atoms with Crippen molar-refractivity contribution in [3.8, 4) is 0 Å². The molecule has 2 rings (SSSR count). The third-order valence-electron chi connectivity index (χ3n) is 3.91. The number of para-hydroxylation sites is 2. The Morgan fingerprint density at radius 3 is 2.59 bits per heavy atom. The molecule has 1 amide bonds. The minimum atomic E-state index is -4.49. The summed E-state index contributed by atoms with van der Waals surface area (Å²) >= 11 is 5.27. The van der Waals surface area contributed by atoms with Gasteiger partial charge in [-0.15, -0.1) is 0 Å². The van der Waals surface area contributed by atoms with E-state index in [0.717, 1.165) is 12.1 Å². The normalized spacial score (nSPS) is 12.1. The van der Waals surface area contributed by atoms with Crippen molar-refractivity contribution < 1.29 is 22.7 Å². The van der Waals surface area contributed by atoms with Crippen molar-refractivity contribution in [2.45, 2.75) is 12.2 Å². The van der Waals surface area contributed by atoms with Gasteiger partial charge in [0.2, 0.25) is 5.91 Å². The quantitative estimate of drug-likeness (QED) is 0.402. The zero-order valence-electron chi connectivity index (χ0n) is 15.5. The molecule has 29 heavy (non-hydrogen) atoms. The molecule has 2 aromatic rings. The van der Waals surface area contributed by atoms with Crippen molar-refractivity contribution in [2.24, 2.45) is 0 Å². The first-order valence-corrected chi connectivity index (χ1v) is 8.96. The van der Waals surface area contributed by atoms with Gasteiger partial charge in [-0.25, -0.2) is 0 Å². The lowest BCUT2D eigenvalue weighted by atomic mass is 10.0. The van der Waals surface area contributed by atoms with Crippen LogP contribution in [0.3, 0.4) is 0 Å². The summed E-state index contributed by atoms with van der Waals surface area (Å²) in [6.07, 6.45) is -4.49. The number of amides is 1. The Balaban J connectivity index is 2.19. The van der Waals surface area contributed by atoms with Gasteiger partial charge in [0.25, 0.3) is 0 Å². The smallest absolute Gasteiger partial charge is 0.397 e. The maximum Gasteiger partial charge on any atom is 0.416 e. The molecule has 1 atom stereocenters. The number of ether oxygens (including phenoxy) is 1. The van der Waals surface area contributed by atoms with E-state index >= 15 is 0 Å². The second-order valence-electron chi connectivity index (χ2n) is 6.10. The molecule has 0 saturated carbocycles. The van der Waals surface area contributed by atoms with Crippen LogP contribution in [0.25, 0.3) is 0 Å². The number of anilines is 2. The highest BCUT2D eigenvalue weighted by Gasteiger charge is 2.31. The molecular weight excluding hydrogens is 405 g/mol. The van der Waals surface area contributed by atoms with Crippen LogP contribution in [0.15, 0.2) is 48.5 Å². The summed E-state index contributed by atoms with van der Waals surface area (Å²) in [7, 11) is 1.37. The number of hydrogen-bond donors (Lipinski definition) is 4. The number of thiocarbonyl (C=S) groups is 1. The Labute approximate surface area is 171 Å². The predicted octanol–water partition coefficient (Wildman–Crippen LogP) is 3.08. The van der Waals surface area contributed by atoms with E-state index in [9.17, 15) is 18.0 Å². The van der Waals surface area contributed by atoms with Gasteiger partial charge in [0.1, 0.15) is 6.61 Å². The zero-order chi connectivity index (χ0) is 21.4. The first-order valence-electron chi connectivity index (χ1n) is 8.55. The van der Waals surface area contributed by atoms with Crippen molar-refractivity contribution >= 4 is 34.6 Å². The summed E-state index contributed by atoms with van der Waals surface area (Å²) in [4.78, 5) is 11.7. The number of carbonyl (C=O) groups is 1. The van der Waals surface area contributed by atoms with Gasteiger partial charge in [0.15, 0.2) is 5.11 Å². The minimum Gasteiger partial charge on any atom is -0.397 e. The average Bonchev–Trinajstić information content (AvgIpc) is 2.66. The molecule has 0 saturated heterocycles. The van der Waals surface area contributed by atoms with Gasteiger partial charge in [0.05, 0.1) is 23.0 Å².